The van der Waals surface area contributed by atoms with E-state index in [0.29, 0.717) is 12.0 Å². The lowest BCUT2D eigenvalue weighted by Crippen LogP contribution is -1.89. The molecule has 0 N–H and O–H groups in total. The molecule has 0 aliphatic carbocycles. The Bertz CT molecular complexity index is 451. The Labute approximate surface area is 82.4 Å². The third-order valence-electron chi connectivity index (χ3n) is 2.08. The summed E-state index contributed by atoms with van der Waals surface area (Å²) in [7, 11) is 0. The summed E-state index contributed by atoms with van der Waals surface area (Å²) in [5.74, 6) is 0.882. The fourth-order valence-electron chi connectivity index (χ4n) is 1.38. The first-order chi connectivity index (χ1) is 6.90. The monoisotopic (exact) mass is 183 g/mol. The lowest BCUT2D eigenvalue weighted by molar-refractivity contribution is 0.521. The molecule has 2 rings (SSSR count). The Morgan fingerprint density at radius 1 is 1.14 bits per heavy atom. The summed E-state index contributed by atoms with van der Waals surface area (Å²) < 4.78 is 5.23. The van der Waals surface area contributed by atoms with Crippen LogP contribution >= 0.6 is 0 Å². The Morgan fingerprint density at radius 2 is 2.00 bits per heavy atom. The van der Waals surface area contributed by atoms with Crippen LogP contribution in [0.25, 0.3) is 0 Å². The SMILES string of the molecule is N#Cc1ccccc1Cc1ccco1. The lowest BCUT2D eigenvalue weighted by atomic mass is 10.0. The van der Waals surface area contributed by atoms with Crippen molar-refractivity contribution >= 4 is 0 Å². The summed E-state index contributed by atoms with van der Waals surface area (Å²) >= 11 is 0. The quantitative estimate of drug-likeness (QED) is 0.717. The van der Waals surface area contributed by atoms with Gasteiger partial charge in [0.2, 0.25) is 0 Å². The summed E-state index contributed by atoms with van der Waals surface area (Å²) in [5.41, 5.74) is 1.72. The van der Waals surface area contributed by atoms with E-state index in [2.05, 4.69) is 6.07 Å². The molecule has 0 bridgehead atoms. The first-order valence-electron chi connectivity index (χ1n) is 4.40. The number of benzene rings is 1. The minimum absolute atomic E-state index is 0.677. The second kappa shape index (κ2) is 3.80. The lowest BCUT2D eigenvalue weighted by Gasteiger charge is -1.99. The fraction of sp³-hybridized carbons (Fsp3) is 0.0833. The van der Waals surface area contributed by atoms with Gasteiger partial charge in [0.1, 0.15) is 5.76 Å². The molecule has 0 spiro atoms. The van der Waals surface area contributed by atoms with E-state index >= 15 is 0 Å². The minimum atomic E-state index is 0.677. The minimum Gasteiger partial charge on any atom is -0.469 e. The number of furan rings is 1. The van der Waals surface area contributed by atoms with Crippen molar-refractivity contribution in [3.8, 4) is 6.07 Å². The van der Waals surface area contributed by atoms with Crippen LogP contribution in [0.1, 0.15) is 16.9 Å². The molecule has 0 aliphatic heterocycles. The molecule has 0 aliphatic rings. The van der Waals surface area contributed by atoms with Crippen LogP contribution in [-0.4, -0.2) is 0 Å². The number of hydrogen-bond donors (Lipinski definition) is 0. The zero-order chi connectivity index (χ0) is 9.80. The van der Waals surface area contributed by atoms with Gasteiger partial charge in [0.25, 0.3) is 0 Å². The van der Waals surface area contributed by atoms with Gasteiger partial charge in [-0.15, -0.1) is 0 Å². The van der Waals surface area contributed by atoms with E-state index < -0.39 is 0 Å². The fourth-order valence-corrected chi connectivity index (χ4v) is 1.38. The summed E-state index contributed by atoms with van der Waals surface area (Å²) in [4.78, 5) is 0. The molecule has 1 aromatic heterocycles. The first-order valence-corrected chi connectivity index (χ1v) is 4.40. The number of nitrogens with zero attached hydrogens (tertiary/aromatic N) is 1. The van der Waals surface area contributed by atoms with Crippen LogP contribution in [0.2, 0.25) is 0 Å². The largest absolute Gasteiger partial charge is 0.469 e. The zero-order valence-corrected chi connectivity index (χ0v) is 7.60. The van der Waals surface area contributed by atoms with Gasteiger partial charge in [0.15, 0.2) is 0 Å². The average molecular weight is 183 g/mol. The van der Waals surface area contributed by atoms with Gasteiger partial charge in [-0.25, -0.2) is 0 Å². The van der Waals surface area contributed by atoms with Gasteiger partial charge in [-0.2, -0.15) is 5.26 Å². The molecule has 2 heteroatoms. The van der Waals surface area contributed by atoms with E-state index in [9.17, 15) is 0 Å². The Hall–Kier alpha value is -2.01. The number of hydrogen-bond acceptors (Lipinski definition) is 2. The number of rotatable bonds is 2. The molecule has 1 heterocycles. The van der Waals surface area contributed by atoms with E-state index in [4.69, 9.17) is 9.68 Å². The predicted molar refractivity (Wildman–Crippen MR) is 52.7 cm³/mol. The maximum Gasteiger partial charge on any atom is 0.108 e. The third-order valence-corrected chi connectivity index (χ3v) is 2.08. The van der Waals surface area contributed by atoms with E-state index in [1.165, 1.54) is 0 Å². The molecular weight excluding hydrogens is 174 g/mol. The normalized spacial score (nSPS) is 9.64. The topological polar surface area (TPSA) is 36.9 Å². The number of nitriles is 1. The van der Waals surface area contributed by atoms with Crippen LogP contribution in [0.3, 0.4) is 0 Å². The molecule has 2 nitrogen and oxygen atoms in total. The van der Waals surface area contributed by atoms with Crippen LogP contribution in [0, 0.1) is 11.3 Å². The molecule has 0 amide bonds. The van der Waals surface area contributed by atoms with Crippen LogP contribution in [0.15, 0.2) is 47.1 Å². The highest BCUT2D eigenvalue weighted by molar-refractivity contribution is 5.39. The van der Waals surface area contributed by atoms with Crippen LogP contribution in [0.5, 0.6) is 0 Å². The van der Waals surface area contributed by atoms with Crippen molar-refractivity contribution in [3.63, 3.8) is 0 Å². The van der Waals surface area contributed by atoms with E-state index in [1.54, 1.807) is 6.26 Å². The van der Waals surface area contributed by atoms with Crippen molar-refractivity contribution in [1.82, 2.24) is 0 Å². The average Bonchev–Trinajstić information content (AvgIpc) is 2.71. The van der Waals surface area contributed by atoms with Gasteiger partial charge < -0.3 is 4.42 Å². The van der Waals surface area contributed by atoms with Crippen molar-refractivity contribution in [2.45, 2.75) is 6.42 Å². The van der Waals surface area contributed by atoms with E-state index in [-0.39, 0.29) is 0 Å². The van der Waals surface area contributed by atoms with Crippen molar-refractivity contribution in [2.75, 3.05) is 0 Å². The smallest absolute Gasteiger partial charge is 0.108 e. The second-order valence-electron chi connectivity index (χ2n) is 3.03. The Morgan fingerprint density at radius 3 is 2.71 bits per heavy atom. The van der Waals surface area contributed by atoms with Crippen molar-refractivity contribution in [2.24, 2.45) is 0 Å². The van der Waals surface area contributed by atoms with Gasteiger partial charge in [0, 0.05) is 6.42 Å². The molecule has 0 unspecified atom stereocenters. The van der Waals surface area contributed by atoms with Gasteiger partial charge in [-0.3, -0.25) is 0 Å². The van der Waals surface area contributed by atoms with Crippen LogP contribution < -0.4 is 0 Å². The molecule has 0 saturated heterocycles. The van der Waals surface area contributed by atoms with Crippen molar-refractivity contribution in [1.29, 1.82) is 5.26 Å². The van der Waals surface area contributed by atoms with Gasteiger partial charge in [-0.1, -0.05) is 18.2 Å². The van der Waals surface area contributed by atoms with E-state index in [1.807, 2.05) is 36.4 Å². The van der Waals surface area contributed by atoms with Crippen molar-refractivity contribution in [3.05, 3.63) is 59.5 Å². The predicted octanol–water partition coefficient (Wildman–Crippen LogP) is 2.74. The second-order valence-corrected chi connectivity index (χ2v) is 3.03. The maximum absolute atomic E-state index is 8.87. The molecule has 0 atom stereocenters. The molecule has 0 radical (unpaired) electrons. The van der Waals surface area contributed by atoms with E-state index in [0.717, 1.165) is 11.3 Å². The summed E-state index contributed by atoms with van der Waals surface area (Å²) in [6.45, 7) is 0. The molecule has 0 fully saturated rings. The standard InChI is InChI=1S/C12H9NO/c13-9-11-5-2-1-4-10(11)8-12-6-3-7-14-12/h1-7H,8H2. The maximum atomic E-state index is 8.87. The Kier molecular flexibility index (Phi) is 2.33. The zero-order valence-electron chi connectivity index (χ0n) is 7.60. The summed E-state index contributed by atoms with van der Waals surface area (Å²) in [6, 6.07) is 13.5. The summed E-state index contributed by atoms with van der Waals surface area (Å²) in [6.07, 6.45) is 2.32. The van der Waals surface area contributed by atoms with Crippen molar-refractivity contribution < 1.29 is 4.42 Å². The molecular formula is C12H9NO. The van der Waals surface area contributed by atoms with Crippen LogP contribution in [-0.2, 0) is 6.42 Å². The highest BCUT2D eigenvalue weighted by Gasteiger charge is 2.03. The molecule has 0 saturated carbocycles. The highest BCUT2D eigenvalue weighted by Crippen LogP contribution is 2.13. The molecule has 2 aromatic rings. The molecule has 68 valence electrons. The van der Waals surface area contributed by atoms with Gasteiger partial charge in [-0.05, 0) is 23.8 Å². The molecule has 14 heavy (non-hydrogen) atoms. The van der Waals surface area contributed by atoms with Crippen LogP contribution in [0.4, 0.5) is 0 Å². The first kappa shape index (κ1) is 8.58. The highest BCUT2D eigenvalue weighted by atomic mass is 16.3. The van der Waals surface area contributed by atoms with Gasteiger partial charge >= 0.3 is 0 Å². The van der Waals surface area contributed by atoms with Gasteiger partial charge in [0.05, 0.1) is 17.9 Å². The third kappa shape index (κ3) is 1.67. The molecule has 1 aromatic carbocycles. The summed E-state index contributed by atoms with van der Waals surface area (Å²) in [5, 5.41) is 8.87. The Balaban J connectivity index is 2.30.